The molecule has 162 valence electrons. The van der Waals surface area contributed by atoms with Gasteiger partial charge in [0.1, 0.15) is 17.2 Å². The maximum atomic E-state index is 13.6. The molecule has 0 bridgehead atoms. The van der Waals surface area contributed by atoms with Gasteiger partial charge in [0.05, 0.1) is 25.0 Å². The zero-order chi connectivity index (χ0) is 21.8. The van der Waals surface area contributed by atoms with E-state index in [1.54, 1.807) is 19.2 Å². The molecule has 0 radical (unpaired) electrons. The zero-order valence-corrected chi connectivity index (χ0v) is 18.1. The summed E-state index contributed by atoms with van der Waals surface area (Å²) < 4.78 is 11.0. The molecule has 2 heterocycles. The molecule has 0 aliphatic carbocycles. The number of carbonyl (C=O) groups excluding carboxylic acids is 2. The summed E-state index contributed by atoms with van der Waals surface area (Å²) in [5.74, 6) is 0.782. The molecule has 0 atom stereocenters. The van der Waals surface area contributed by atoms with E-state index in [4.69, 9.17) is 9.47 Å². The number of hydrogen-bond donors (Lipinski definition) is 0. The van der Waals surface area contributed by atoms with E-state index in [2.05, 4.69) is 4.90 Å². The van der Waals surface area contributed by atoms with Crippen molar-refractivity contribution >= 4 is 23.1 Å². The quantitative estimate of drug-likeness (QED) is 0.627. The number of methoxy groups -OCH3 is 1. The van der Waals surface area contributed by atoms with E-state index in [0.717, 1.165) is 44.3 Å². The molecule has 0 spiro atoms. The van der Waals surface area contributed by atoms with Crippen LogP contribution in [0.5, 0.6) is 11.5 Å². The van der Waals surface area contributed by atoms with E-state index >= 15 is 0 Å². The lowest BCUT2D eigenvalue weighted by Crippen LogP contribution is -2.37. The Morgan fingerprint density at radius 2 is 1.65 bits per heavy atom. The fourth-order valence-corrected chi connectivity index (χ4v) is 4.11. The SMILES string of the molecule is CCCOc1cccc(N2C(=O)C(c3ccc(OC)cc3)=C(N3CCCCC3)C2=O)c1. The van der Waals surface area contributed by atoms with Gasteiger partial charge < -0.3 is 14.4 Å². The van der Waals surface area contributed by atoms with E-state index in [9.17, 15) is 9.59 Å². The van der Waals surface area contributed by atoms with Crippen LogP contribution in [-0.2, 0) is 9.59 Å². The summed E-state index contributed by atoms with van der Waals surface area (Å²) in [5, 5.41) is 0. The predicted octanol–water partition coefficient (Wildman–Crippen LogP) is 4.25. The lowest BCUT2D eigenvalue weighted by molar-refractivity contribution is -0.120. The van der Waals surface area contributed by atoms with Gasteiger partial charge in [-0.15, -0.1) is 0 Å². The standard InChI is InChI=1S/C25H28N2O4/c1-3-16-31-21-9-7-8-19(17-21)27-24(28)22(18-10-12-20(30-2)13-11-18)23(25(27)29)26-14-5-4-6-15-26/h7-13,17H,3-6,14-16H2,1-2H3. The second-order valence-corrected chi connectivity index (χ2v) is 7.79. The predicted molar refractivity (Wildman–Crippen MR) is 120 cm³/mol. The summed E-state index contributed by atoms with van der Waals surface area (Å²) in [5.41, 5.74) is 2.20. The third-order valence-electron chi connectivity index (χ3n) is 5.66. The number of rotatable bonds is 7. The molecular formula is C25H28N2O4. The van der Waals surface area contributed by atoms with Crippen LogP contribution >= 0.6 is 0 Å². The van der Waals surface area contributed by atoms with Crippen molar-refractivity contribution in [3.05, 3.63) is 59.8 Å². The number of benzene rings is 2. The molecule has 1 fully saturated rings. The molecule has 0 saturated carbocycles. The fourth-order valence-electron chi connectivity index (χ4n) is 4.11. The summed E-state index contributed by atoms with van der Waals surface area (Å²) in [6.45, 7) is 4.18. The molecule has 4 rings (SSSR count). The number of piperidine rings is 1. The van der Waals surface area contributed by atoms with E-state index in [1.807, 2.05) is 43.3 Å². The highest BCUT2D eigenvalue weighted by atomic mass is 16.5. The Morgan fingerprint density at radius 1 is 0.903 bits per heavy atom. The van der Waals surface area contributed by atoms with Crippen LogP contribution in [0.2, 0.25) is 0 Å². The molecule has 2 amide bonds. The van der Waals surface area contributed by atoms with Crippen LogP contribution in [-0.4, -0.2) is 43.5 Å². The third kappa shape index (κ3) is 4.15. The van der Waals surface area contributed by atoms with Crippen molar-refractivity contribution in [3.63, 3.8) is 0 Å². The van der Waals surface area contributed by atoms with Gasteiger partial charge in [-0.2, -0.15) is 0 Å². The molecule has 0 aromatic heterocycles. The van der Waals surface area contributed by atoms with Crippen LogP contribution in [0, 0.1) is 0 Å². The molecule has 2 aromatic carbocycles. The molecular weight excluding hydrogens is 392 g/mol. The van der Waals surface area contributed by atoms with Crippen molar-refractivity contribution in [2.75, 3.05) is 31.7 Å². The summed E-state index contributed by atoms with van der Waals surface area (Å²) in [4.78, 5) is 30.5. The number of nitrogens with zero attached hydrogens (tertiary/aromatic N) is 2. The van der Waals surface area contributed by atoms with Crippen molar-refractivity contribution in [2.24, 2.45) is 0 Å². The van der Waals surface area contributed by atoms with Crippen LogP contribution in [0.3, 0.4) is 0 Å². The van der Waals surface area contributed by atoms with Gasteiger partial charge in [-0.3, -0.25) is 9.59 Å². The lowest BCUT2D eigenvalue weighted by Gasteiger charge is -2.29. The summed E-state index contributed by atoms with van der Waals surface area (Å²) in [6.07, 6.45) is 4.06. The lowest BCUT2D eigenvalue weighted by atomic mass is 10.0. The minimum absolute atomic E-state index is 0.273. The van der Waals surface area contributed by atoms with Crippen molar-refractivity contribution in [2.45, 2.75) is 32.6 Å². The van der Waals surface area contributed by atoms with E-state index in [-0.39, 0.29) is 11.8 Å². The number of anilines is 1. The molecule has 6 nitrogen and oxygen atoms in total. The van der Waals surface area contributed by atoms with Gasteiger partial charge in [-0.1, -0.05) is 25.1 Å². The first kappa shape index (κ1) is 21.0. The highest BCUT2D eigenvalue weighted by molar-refractivity contribution is 6.45. The molecule has 1 saturated heterocycles. The van der Waals surface area contributed by atoms with Crippen molar-refractivity contribution in [1.29, 1.82) is 0 Å². The Bertz CT molecular complexity index is 991. The Kier molecular flexibility index (Phi) is 6.26. The second kappa shape index (κ2) is 9.25. The normalized spacial score (nSPS) is 16.8. The monoisotopic (exact) mass is 420 g/mol. The maximum absolute atomic E-state index is 13.6. The minimum atomic E-state index is -0.302. The molecule has 31 heavy (non-hydrogen) atoms. The van der Waals surface area contributed by atoms with E-state index in [0.29, 0.717) is 35.1 Å². The van der Waals surface area contributed by atoms with Gasteiger partial charge in [-0.05, 0) is 55.5 Å². The van der Waals surface area contributed by atoms with Gasteiger partial charge in [0.25, 0.3) is 11.8 Å². The van der Waals surface area contributed by atoms with Gasteiger partial charge in [0.2, 0.25) is 0 Å². The number of hydrogen-bond acceptors (Lipinski definition) is 5. The van der Waals surface area contributed by atoms with Gasteiger partial charge in [0, 0.05) is 19.2 Å². The number of amides is 2. The number of imide groups is 1. The summed E-state index contributed by atoms with van der Waals surface area (Å²) in [7, 11) is 1.60. The van der Waals surface area contributed by atoms with Crippen molar-refractivity contribution < 1.29 is 19.1 Å². The smallest absolute Gasteiger partial charge is 0.282 e. The highest BCUT2D eigenvalue weighted by Gasteiger charge is 2.42. The first-order valence-electron chi connectivity index (χ1n) is 10.9. The van der Waals surface area contributed by atoms with Crippen LogP contribution < -0.4 is 14.4 Å². The largest absolute Gasteiger partial charge is 0.497 e. The average Bonchev–Trinajstić information content (AvgIpc) is 3.08. The number of likely N-dealkylation sites (tertiary alicyclic amines) is 1. The molecule has 2 aromatic rings. The van der Waals surface area contributed by atoms with Crippen LogP contribution in [0.25, 0.3) is 5.57 Å². The minimum Gasteiger partial charge on any atom is -0.497 e. The summed E-state index contributed by atoms with van der Waals surface area (Å²) in [6, 6.07) is 14.5. The van der Waals surface area contributed by atoms with Gasteiger partial charge >= 0.3 is 0 Å². The second-order valence-electron chi connectivity index (χ2n) is 7.79. The molecule has 6 heteroatoms. The Hall–Kier alpha value is -3.28. The van der Waals surface area contributed by atoms with Gasteiger partial charge in [0.15, 0.2) is 0 Å². The van der Waals surface area contributed by atoms with Crippen molar-refractivity contribution in [3.8, 4) is 11.5 Å². The van der Waals surface area contributed by atoms with E-state index in [1.165, 1.54) is 4.90 Å². The number of carbonyl (C=O) groups is 2. The maximum Gasteiger partial charge on any atom is 0.282 e. The number of ether oxygens (including phenoxy) is 2. The Balaban J connectivity index is 1.75. The topological polar surface area (TPSA) is 59.1 Å². The third-order valence-corrected chi connectivity index (χ3v) is 5.66. The molecule has 0 unspecified atom stereocenters. The molecule has 2 aliphatic rings. The van der Waals surface area contributed by atoms with Crippen LogP contribution in [0.4, 0.5) is 5.69 Å². The Morgan fingerprint density at radius 3 is 2.32 bits per heavy atom. The zero-order valence-electron chi connectivity index (χ0n) is 18.1. The fraction of sp³-hybridized carbons (Fsp3) is 0.360. The first-order valence-corrected chi connectivity index (χ1v) is 10.9. The molecule has 2 aliphatic heterocycles. The average molecular weight is 421 g/mol. The highest BCUT2D eigenvalue weighted by Crippen LogP contribution is 2.37. The summed E-state index contributed by atoms with van der Waals surface area (Å²) >= 11 is 0. The van der Waals surface area contributed by atoms with Gasteiger partial charge in [-0.25, -0.2) is 4.90 Å². The first-order chi connectivity index (χ1) is 15.1. The Labute approximate surface area is 183 Å². The molecule has 0 N–H and O–H groups in total. The van der Waals surface area contributed by atoms with E-state index < -0.39 is 0 Å². The van der Waals surface area contributed by atoms with Crippen LogP contribution in [0.15, 0.2) is 54.2 Å². The van der Waals surface area contributed by atoms with Crippen molar-refractivity contribution in [1.82, 2.24) is 4.90 Å². The van der Waals surface area contributed by atoms with Crippen LogP contribution in [0.1, 0.15) is 38.2 Å².